The Morgan fingerprint density at radius 2 is 1.84 bits per heavy atom. The molecule has 6 nitrogen and oxygen atoms in total. The first-order valence-corrected chi connectivity index (χ1v) is 5.94. The lowest BCUT2D eigenvalue weighted by atomic mass is 10.3. The molecule has 0 saturated heterocycles. The fraction of sp³-hybridized carbons (Fsp3) is 0.231. The normalized spacial score (nSPS) is 10.3. The van der Waals surface area contributed by atoms with E-state index in [0.717, 1.165) is 5.75 Å². The van der Waals surface area contributed by atoms with Crippen LogP contribution in [0, 0.1) is 0 Å². The molecule has 0 unspecified atom stereocenters. The van der Waals surface area contributed by atoms with Crippen molar-refractivity contribution in [3.63, 3.8) is 0 Å². The van der Waals surface area contributed by atoms with Crippen LogP contribution < -0.4 is 21.6 Å². The van der Waals surface area contributed by atoms with E-state index in [2.05, 4.69) is 5.10 Å². The fourth-order valence-electron chi connectivity index (χ4n) is 1.61. The topological polar surface area (TPSA) is 90.1 Å². The van der Waals surface area contributed by atoms with Gasteiger partial charge in [0.25, 0.3) is 11.1 Å². The zero-order valence-electron chi connectivity index (χ0n) is 10.3. The number of ether oxygens (including phenoxy) is 1. The lowest BCUT2D eigenvalue weighted by Gasteiger charge is -2.07. The van der Waals surface area contributed by atoms with Gasteiger partial charge in [0.2, 0.25) is 0 Å². The number of hydrogen-bond donors (Lipinski definition) is 2. The van der Waals surface area contributed by atoms with Crippen LogP contribution in [0.1, 0.15) is 6.42 Å². The van der Waals surface area contributed by atoms with Crippen molar-refractivity contribution in [1.82, 2.24) is 9.78 Å². The van der Waals surface area contributed by atoms with Gasteiger partial charge >= 0.3 is 0 Å². The molecule has 19 heavy (non-hydrogen) atoms. The van der Waals surface area contributed by atoms with Gasteiger partial charge in [-0.2, -0.15) is 0 Å². The van der Waals surface area contributed by atoms with E-state index in [0.29, 0.717) is 25.3 Å². The maximum atomic E-state index is 11.4. The van der Waals surface area contributed by atoms with Crippen LogP contribution in [0.4, 0.5) is 5.69 Å². The summed E-state index contributed by atoms with van der Waals surface area (Å²) in [5.41, 5.74) is 5.72. The number of nitrogens with two attached hydrogens (primary N) is 1. The molecular formula is C13H15N3O3. The molecule has 0 bridgehead atoms. The predicted octanol–water partition coefficient (Wildman–Crippen LogP) is 0.588. The van der Waals surface area contributed by atoms with Crippen molar-refractivity contribution in [3.8, 4) is 5.75 Å². The molecule has 0 amide bonds. The van der Waals surface area contributed by atoms with Crippen LogP contribution in [0.3, 0.4) is 0 Å². The van der Waals surface area contributed by atoms with Gasteiger partial charge in [0.05, 0.1) is 6.61 Å². The van der Waals surface area contributed by atoms with Crippen LogP contribution in [0.15, 0.2) is 46.0 Å². The van der Waals surface area contributed by atoms with Gasteiger partial charge in [-0.25, -0.2) is 0 Å². The summed E-state index contributed by atoms with van der Waals surface area (Å²) in [5.74, 6) is 0.725. The van der Waals surface area contributed by atoms with Gasteiger partial charge in [-0.15, -0.1) is 0 Å². The second-order valence-electron chi connectivity index (χ2n) is 4.07. The van der Waals surface area contributed by atoms with Gasteiger partial charge in [-0.05, 0) is 24.3 Å². The SMILES string of the molecule is Nc1ccc(OCCCn2[nH]c(=O)ccc2=O)cc1. The molecule has 1 heterocycles. The fourth-order valence-corrected chi connectivity index (χ4v) is 1.61. The van der Waals surface area contributed by atoms with E-state index < -0.39 is 0 Å². The first-order chi connectivity index (χ1) is 9.15. The number of aryl methyl sites for hydroxylation is 1. The Hall–Kier alpha value is -2.50. The highest BCUT2D eigenvalue weighted by Crippen LogP contribution is 2.13. The Kier molecular flexibility index (Phi) is 4.02. The Labute approximate surface area is 109 Å². The molecule has 0 saturated carbocycles. The highest BCUT2D eigenvalue weighted by atomic mass is 16.5. The Morgan fingerprint density at radius 3 is 2.58 bits per heavy atom. The molecule has 0 spiro atoms. The maximum absolute atomic E-state index is 11.4. The number of nitrogen functional groups attached to an aromatic ring is 1. The van der Waals surface area contributed by atoms with Crippen LogP contribution in [0.5, 0.6) is 5.75 Å². The number of rotatable bonds is 5. The van der Waals surface area contributed by atoms with Crippen molar-refractivity contribution < 1.29 is 4.74 Å². The van der Waals surface area contributed by atoms with Gasteiger partial charge in [0.15, 0.2) is 0 Å². The van der Waals surface area contributed by atoms with Crippen LogP contribution >= 0.6 is 0 Å². The van der Waals surface area contributed by atoms with Crippen LogP contribution in [-0.4, -0.2) is 16.4 Å². The smallest absolute Gasteiger partial charge is 0.265 e. The van der Waals surface area contributed by atoms with Crippen LogP contribution in [-0.2, 0) is 6.54 Å². The minimum Gasteiger partial charge on any atom is -0.494 e. The number of hydrogen-bond acceptors (Lipinski definition) is 4. The van der Waals surface area contributed by atoms with Crippen molar-refractivity contribution in [2.75, 3.05) is 12.3 Å². The van der Waals surface area contributed by atoms with Crippen LogP contribution in [0.2, 0.25) is 0 Å². The molecular weight excluding hydrogens is 246 g/mol. The van der Waals surface area contributed by atoms with E-state index in [4.69, 9.17) is 10.5 Å². The summed E-state index contributed by atoms with van der Waals surface area (Å²) >= 11 is 0. The third-order valence-corrected chi connectivity index (χ3v) is 2.56. The summed E-state index contributed by atoms with van der Waals surface area (Å²) in [5, 5.41) is 2.46. The van der Waals surface area contributed by atoms with Crippen molar-refractivity contribution in [1.29, 1.82) is 0 Å². The molecule has 3 N–H and O–H groups in total. The van der Waals surface area contributed by atoms with Gasteiger partial charge in [0.1, 0.15) is 5.75 Å². The molecule has 100 valence electrons. The van der Waals surface area contributed by atoms with Gasteiger partial charge in [-0.3, -0.25) is 19.4 Å². The standard InChI is InChI=1S/C13H15N3O3/c14-10-2-4-11(5-3-10)19-9-1-8-16-13(18)7-6-12(17)15-16/h2-7H,1,8-9,14H2,(H,15,17). The molecule has 1 aromatic carbocycles. The molecule has 2 aromatic rings. The van der Waals surface area contributed by atoms with E-state index in [1.165, 1.54) is 16.8 Å². The summed E-state index contributed by atoms with van der Waals surface area (Å²) in [6.07, 6.45) is 0.615. The summed E-state index contributed by atoms with van der Waals surface area (Å²) in [7, 11) is 0. The predicted molar refractivity (Wildman–Crippen MR) is 72.3 cm³/mol. The largest absolute Gasteiger partial charge is 0.494 e. The van der Waals surface area contributed by atoms with E-state index >= 15 is 0 Å². The summed E-state index contributed by atoms with van der Waals surface area (Å²) in [6, 6.07) is 9.55. The van der Waals surface area contributed by atoms with Gasteiger partial charge in [-0.1, -0.05) is 0 Å². The minimum absolute atomic E-state index is 0.230. The Balaban J connectivity index is 1.84. The van der Waals surface area contributed by atoms with E-state index in [1.54, 1.807) is 24.3 Å². The number of H-pyrrole nitrogens is 1. The number of benzene rings is 1. The number of anilines is 1. The maximum Gasteiger partial charge on any atom is 0.265 e. The van der Waals surface area contributed by atoms with Crippen molar-refractivity contribution in [2.45, 2.75) is 13.0 Å². The monoisotopic (exact) mass is 261 g/mol. The summed E-state index contributed by atoms with van der Waals surface area (Å²) in [6.45, 7) is 0.858. The molecule has 0 aliphatic heterocycles. The average Bonchev–Trinajstić information content (AvgIpc) is 2.40. The molecule has 0 aliphatic carbocycles. The first kappa shape index (κ1) is 12.9. The molecule has 0 radical (unpaired) electrons. The first-order valence-electron chi connectivity index (χ1n) is 5.94. The molecule has 1 aromatic heterocycles. The number of aromatic amines is 1. The summed E-state index contributed by atoms with van der Waals surface area (Å²) in [4.78, 5) is 22.5. The van der Waals surface area contributed by atoms with Gasteiger partial charge in [0, 0.05) is 30.8 Å². The average molecular weight is 261 g/mol. The zero-order chi connectivity index (χ0) is 13.7. The van der Waals surface area contributed by atoms with Crippen molar-refractivity contribution >= 4 is 5.69 Å². The third-order valence-electron chi connectivity index (χ3n) is 2.56. The quantitative estimate of drug-likeness (QED) is 0.608. The third kappa shape index (κ3) is 3.74. The lowest BCUT2D eigenvalue weighted by molar-refractivity contribution is 0.296. The zero-order valence-corrected chi connectivity index (χ0v) is 10.3. The summed E-state index contributed by atoms with van der Waals surface area (Å²) < 4.78 is 6.76. The van der Waals surface area contributed by atoms with Crippen molar-refractivity contribution in [3.05, 3.63) is 57.1 Å². The molecule has 6 heteroatoms. The molecule has 2 rings (SSSR count). The Bertz CT molecular complexity index is 643. The number of nitrogens with one attached hydrogen (secondary N) is 1. The second kappa shape index (κ2) is 5.90. The van der Waals surface area contributed by atoms with E-state index in [9.17, 15) is 9.59 Å². The molecule has 0 fully saturated rings. The van der Waals surface area contributed by atoms with Gasteiger partial charge < -0.3 is 10.5 Å². The van der Waals surface area contributed by atoms with E-state index in [1.807, 2.05) is 0 Å². The van der Waals surface area contributed by atoms with Crippen molar-refractivity contribution in [2.24, 2.45) is 0 Å². The van der Waals surface area contributed by atoms with E-state index in [-0.39, 0.29) is 11.1 Å². The highest BCUT2D eigenvalue weighted by molar-refractivity contribution is 5.41. The highest BCUT2D eigenvalue weighted by Gasteiger charge is 1.97. The Morgan fingerprint density at radius 1 is 1.11 bits per heavy atom. The molecule has 0 atom stereocenters. The number of nitrogens with zero attached hydrogens (tertiary/aromatic N) is 1. The second-order valence-corrected chi connectivity index (χ2v) is 4.07. The number of aromatic nitrogens is 2. The molecule has 0 aliphatic rings. The lowest BCUT2D eigenvalue weighted by Crippen LogP contribution is -2.28. The minimum atomic E-state index is -0.293. The van der Waals surface area contributed by atoms with Crippen LogP contribution in [0.25, 0.3) is 0 Å².